The van der Waals surface area contributed by atoms with Crippen molar-refractivity contribution in [2.75, 3.05) is 5.73 Å². The van der Waals surface area contributed by atoms with Gasteiger partial charge in [-0.05, 0) is 25.1 Å². The molecule has 94 valence electrons. The normalized spacial score (nSPS) is 10.8. The maximum Gasteiger partial charge on any atom is 0.228 e. The molecule has 0 atom stereocenters. The predicted molar refractivity (Wildman–Crippen MR) is 75.2 cm³/mol. The summed E-state index contributed by atoms with van der Waals surface area (Å²) < 4.78 is 5.66. The highest BCUT2D eigenvalue weighted by molar-refractivity contribution is 6.10. The highest BCUT2D eigenvalue weighted by Gasteiger charge is 2.18. The van der Waals surface area contributed by atoms with Crippen LogP contribution in [0.25, 0.3) is 11.0 Å². The minimum Gasteiger partial charge on any atom is -0.452 e. The third kappa shape index (κ3) is 1.89. The van der Waals surface area contributed by atoms with E-state index in [1.54, 1.807) is 24.3 Å². The van der Waals surface area contributed by atoms with Crippen LogP contribution in [0.1, 0.15) is 21.7 Å². The van der Waals surface area contributed by atoms with Crippen LogP contribution in [-0.4, -0.2) is 5.78 Å². The van der Waals surface area contributed by atoms with Gasteiger partial charge in [0.05, 0.1) is 0 Å². The first-order chi connectivity index (χ1) is 9.16. The summed E-state index contributed by atoms with van der Waals surface area (Å²) in [5, 5.41) is 0.888. The van der Waals surface area contributed by atoms with Gasteiger partial charge in [-0.3, -0.25) is 4.79 Å². The molecule has 0 amide bonds. The van der Waals surface area contributed by atoms with E-state index >= 15 is 0 Å². The van der Waals surface area contributed by atoms with Gasteiger partial charge in [-0.15, -0.1) is 0 Å². The number of ketones is 1. The molecule has 0 fully saturated rings. The molecule has 1 heterocycles. The lowest BCUT2D eigenvalue weighted by atomic mass is 10.0. The van der Waals surface area contributed by atoms with E-state index in [4.69, 9.17) is 10.2 Å². The summed E-state index contributed by atoms with van der Waals surface area (Å²) >= 11 is 0. The van der Waals surface area contributed by atoms with Gasteiger partial charge in [0.15, 0.2) is 5.76 Å². The minimum atomic E-state index is -0.104. The lowest BCUT2D eigenvalue weighted by molar-refractivity contribution is 0.101. The molecule has 19 heavy (non-hydrogen) atoms. The van der Waals surface area contributed by atoms with E-state index in [0.717, 1.165) is 10.9 Å². The molecule has 0 unspecified atom stereocenters. The van der Waals surface area contributed by atoms with Crippen LogP contribution in [0.5, 0.6) is 0 Å². The van der Waals surface area contributed by atoms with Gasteiger partial charge in [0, 0.05) is 22.2 Å². The summed E-state index contributed by atoms with van der Waals surface area (Å²) in [7, 11) is 0. The Kier molecular flexibility index (Phi) is 2.60. The Bertz CT molecular complexity index is 757. The zero-order valence-corrected chi connectivity index (χ0v) is 10.5. The Labute approximate surface area is 110 Å². The molecule has 3 rings (SSSR count). The summed E-state index contributed by atoms with van der Waals surface area (Å²) in [5.41, 5.74) is 8.56. The van der Waals surface area contributed by atoms with Crippen molar-refractivity contribution in [3.63, 3.8) is 0 Å². The maximum absolute atomic E-state index is 12.4. The highest BCUT2D eigenvalue weighted by Crippen LogP contribution is 2.28. The molecule has 0 spiro atoms. The average molecular weight is 251 g/mol. The number of fused-ring (bicyclic) bond motifs is 1. The lowest BCUT2D eigenvalue weighted by Crippen LogP contribution is -2.00. The van der Waals surface area contributed by atoms with E-state index in [1.807, 2.05) is 31.2 Å². The van der Waals surface area contributed by atoms with Crippen LogP contribution in [0.3, 0.4) is 0 Å². The van der Waals surface area contributed by atoms with Crippen LogP contribution in [0, 0.1) is 6.92 Å². The van der Waals surface area contributed by atoms with Gasteiger partial charge < -0.3 is 10.2 Å². The van der Waals surface area contributed by atoms with E-state index in [1.165, 1.54) is 0 Å². The van der Waals surface area contributed by atoms with E-state index in [2.05, 4.69) is 0 Å². The van der Waals surface area contributed by atoms with Crippen molar-refractivity contribution in [2.24, 2.45) is 0 Å². The number of nitrogens with two attached hydrogens (primary N) is 1. The molecule has 0 aliphatic carbocycles. The van der Waals surface area contributed by atoms with Gasteiger partial charge in [-0.25, -0.2) is 0 Å². The maximum atomic E-state index is 12.4. The van der Waals surface area contributed by atoms with Crippen LogP contribution in [0.2, 0.25) is 0 Å². The second-order valence-corrected chi connectivity index (χ2v) is 4.51. The Morgan fingerprint density at radius 1 is 1.11 bits per heavy atom. The van der Waals surface area contributed by atoms with Crippen molar-refractivity contribution < 1.29 is 9.21 Å². The average Bonchev–Trinajstić information content (AvgIpc) is 2.76. The second-order valence-electron chi connectivity index (χ2n) is 4.51. The van der Waals surface area contributed by atoms with Crippen LogP contribution < -0.4 is 5.73 Å². The third-order valence-corrected chi connectivity index (χ3v) is 3.20. The molecule has 0 saturated heterocycles. The number of anilines is 1. The van der Waals surface area contributed by atoms with Gasteiger partial charge in [-0.1, -0.05) is 30.3 Å². The van der Waals surface area contributed by atoms with Crippen molar-refractivity contribution in [3.05, 3.63) is 65.4 Å². The SMILES string of the molecule is Cc1c(C(=O)c2ccccc2)oc2ccc(N)cc12. The van der Waals surface area contributed by atoms with Crippen molar-refractivity contribution in [2.45, 2.75) is 6.92 Å². The number of nitrogen functional groups attached to an aromatic ring is 1. The van der Waals surface area contributed by atoms with Gasteiger partial charge in [-0.2, -0.15) is 0 Å². The standard InChI is InChI=1S/C16H13NO2/c1-10-13-9-12(17)7-8-14(13)19-16(10)15(18)11-5-3-2-4-6-11/h2-9H,17H2,1H3. The Morgan fingerprint density at radius 2 is 1.84 bits per heavy atom. The van der Waals surface area contributed by atoms with Crippen LogP contribution in [0.4, 0.5) is 5.69 Å². The van der Waals surface area contributed by atoms with E-state index in [0.29, 0.717) is 22.6 Å². The first-order valence-corrected chi connectivity index (χ1v) is 6.05. The monoisotopic (exact) mass is 251 g/mol. The minimum absolute atomic E-state index is 0.104. The highest BCUT2D eigenvalue weighted by atomic mass is 16.3. The fraction of sp³-hybridized carbons (Fsp3) is 0.0625. The number of rotatable bonds is 2. The van der Waals surface area contributed by atoms with Gasteiger partial charge in [0.1, 0.15) is 5.58 Å². The van der Waals surface area contributed by atoms with Gasteiger partial charge in [0.2, 0.25) is 5.78 Å². The summed E-state index contributed by atoms with van der Waals surface area (Å²) in [5.74, 6) is 0.277. The predicted octanol–water partition coefficient (Wildman–Crippen LogP) is 3.55. The molecule has 2 aromatic carbocycles. The molecule has 3 nitrogen and oxygen atoms in total. The van der Waals surface area contributed by atoms with Crippen LogP contribution in [0.15, 0.2) is 52.9 Å². The van der Waals surface area contributed by atoms with Gasteiger partial charge >= 0.3 is 0 Å². The van der Waals surface area contributed by atoms with Crippen LogP contribution >= 0.6 is 0 Å². The lowest BCUT2D eigenvalue weighted by Gasteiger charge is -1.98. The van der Waals surface area contributed by atoms with Gasteiger partial charge in [0.25, 0.3) is 0 Å². The Balaban J connectivity index is 2.16. The Hall–Kier alpha value is -2.55. The second kappa shape index (κ2) is 4.28. The number of carbonyl (C=O) groups excluding carboxylic acids is 1. The van der Waals surface area contributed by atoms with Crippen molar-refractivity contribution in [1.82, 2.24) is 0 Å². The Morgan fingerprint density at radius 3 is 2.58 bits per heavy atom. The summed E-state index contributed by atoms with van der Waals surface area (Å²) in [6.45, 7) is 1.88. The zero-order valence-electron chi connectivity index (χ0n) is 10.5. The van der Waals surface area contributed by atoms with E-state index in [9.17, 15) is 4.79 Å². The molecule has 1 aromatic heterocycles. The third-order valence-electron chi connectivity index (χ3n) is 3.20. The largest absolute Gasteiger partial charge is 0.452 e. The number of carbonyl (C=O) groups is 1. The summed E-state index contributed by atoms with van der Waals surface area (Å²) in [6.07, 6.45) is 0. The first-order valence-electron chi connectivity index (χ1n) is 6.05. The van der Waals surface area contributed by atoms with Crippen LogP contribution in [-0.2, 0) is 0 Å². The molecule has 3 aromatic rings. The summed E-state index contributed by atoms with van der Waals surface area (Å²) in [6, 6.07) is 14.5. The van der Waals surface area contributed by atoms with Crippen molar-refractivity contribution in [3.8, 4) is 0 Å². The molecule has 0 radical (unpaired) electrons. The topological polar surface area (TPSA) is 56.2 Å². The molecule has 0 aliphatic heterocycles. The molecule has 0 saturated carbocycles. The van der Waals surface area contributed by atoms with E-state index < -0.39 is 0 Å². The number of benzene rings is 2. The smallest absolute Gasteiger partial charge is 0.228 e. The zero-order chi connectivity index (χ0) is 13.4. The fourth-order valence-corrected chi connectivity index (χ4v) is 2.18. The molecule has 0 aliphatic rings. The first kappa shape index (κ1) is 11.5. The molecule has 2 N–H and O–H groups in total. The molecule has 0 bridgehead atoms. The van der Waals surface area contributed by atoms with E-state index in [-0.39, 0.29) is 5.78 Å². The number of hydrogen-bond acceptors (Lipinski definition) is 3. The fourth-order valence-electron chi connectivity index (χ4n) is 2.18. The number of hydrogen-bond donors (Lipinski definition) is 1. The number of aryl methyl sites for hydroxylation is 1. The molecular formula is C16H13NO2. The van der Waals surface area contributed by atoms with Crippen molar-refractivity contribution >= 4 is 22.4 Å². The van der Waals surface area contributed by atoms with Crippen molar-refractivity contribution in [1.29, 1.82) is 0 Å². The number of furan rings is 1. The molecular weight excluding hydrogens is 238 g/mol. The molecule has 3 heteroatoms. The quantitative estimate of drug-likeness (QED) is 0.559. The summed E-state index contributed by atoms with van der Waals surface area (Å²) in [4.78, 5) is 12.4.